The molecule has 5 nitrogen and oxygen atoms in total. The average Bonchev–Trinajstić information content (AvgIpc) is 2.38. The summed E-state index contributed by atoms with van der Waals surface area (Å²) in [5, 5.41) is 8.86. The van der Waals surface area contributed by atoms with Gasteiger partial charge in [0.1, 0.15) is 0 Å². The molecule has 0 saturated carbocycles. The van der Waals surface area contributed by atoms with Crippen LogP contribution in [0.15, 0.2) is 12.1 Å². The van der Waals surface area contributed by atoms with E-state index in [1.54, 1.807) is 14.2 Å². The Morgan fingerprint density at radius 3 is 2.32 bits per heavy atom. The topological polar surface area (TPSA) is 59.0 Å². The minimum atomic E-state index is -0.819. The Bertz CT molecular complexity index is 445. The Morgan fingerprint density at radius 1 is 1.26 bits per heavy atom. The minimum Gasteiger partial charge on any atom is -0.493 e. The molecule has 0 aliphatic rings. The first-order valence-electron chi connectivity index (χ1n) is 6.17. The second-order valence-corrected chi connectivity index (χ2v) is 4.33. The Labute approximate surface area is 113 Å². The van der Waals surface area contributed by atoms with Gasteiger partial charge in [-0.05, 0) is 36.7 Å². The summed E-state index contributed by atoms with van der Waals surface area (Å²) in [5.74, 6) is 0.527. The van der Waals surface area contributed by atoms with Gasteiger partial charge in [-0.2, -0.15) is 0 Å². The third-order valence-electron chi connectivity index (χ3n) is 3.04. The number of hydrogen-bond acceptors (Lipinski definition) is 4. The summed E-state index contributed by atoms with van der Waals surface area (Å²) >= 11 is 0. The lowest BCUT2D eigenvalue weighted by atomic mass is 10.1. The Kier molecular flexibility index (Phi) is 5.63. The van der Waals surface area contributed by atoms with E-state index in [9.17, 15) is 4.79 Å². The summed E-state index contributed by atoms with van der Waals surface area (Å²) in [5.41, 5.74) is 2.10. The smallest absolute Gasteiger partial charge is 0.317 e. The number of benzene rings is 1. The van der Waals surface area contributed by atoms with E-state index in [1.807, 2.05) is 30.9 Å². The maximum absolute atomic E-state index is 10.8. The second-order valence-electron chi connectivity index (χ2n) is 4.33. The van der Waals surface area contributed by atoms with Gasteiger partial charge in [0.25, 0.3) is 0 Å². The molecule has 5 heteroatoms. The molecule has 0 unspecified atom stereocenters. The number of methoxy groups -OCH3 is 2. The van der Waals surface area contributed by atoms with Crippen molar-refractivity contribution in [3.8, 4) is 11.5 Å². The van der Waals surface area contributed by atoms with Crippen molar-refractivity contribution in [3.63, 3.8) is 0 Å². The predicted octanol–water partition coefficient (Wildman–Crippen LogP) is 1.92. The van der Waals surface area contributed by atoms with E-state index in [4.69, 9.17) is 14.6 Å². The number of ether oxygens (including phenoxy) is 2. The van der Waals surface area contributed by atoms with Crippen molar-refractivity contribution in [1.82, 2.24) is 4.90 Å². The fourth-order valence-corrected chi connectivity index (χ4v) is 1.90. The van der Waals surface area contributed by atoms with Crippen LogP contribution in [0.2, 0.25) is 0 Å². The first-order valence-corrected chi connectivity index (χ1v) is 6.17. The first-order chi connectivity index (χ1) is 9.01. The van der Waals surface area contributed by atoms with Gasteiger partial charge < -0.3 is 14.6 Å². The average molecular weight is 267 g/mol. The van der Waals surface area contributed by atoms with Crippen molar-refractivity contribution in [2.75, 3.05) is 27.3 Å². The normalized spacial score (nSPS) is 10.6. The third kappa shape index (κ3) is 4.13. The highest BCUT2D eigenvalue weighted by molar-refractivity contribution is 5.69. The standard InChI is InChI=1S/C14H21NO4/c1-5-15(9-14(16)17)8-11-7-13(19-4)12(18-3)6-10(11)2/h6-7H,5,8-9H2,1-4H3,(H,16,17). The number of hydrogen-bond donors (Lipinski definition) is 1. The Hall–Kier alpha value is -1.75. The monoisotopic (exact) mass is 267 g/mol. The molecule has 1 aromatic rings. The zero-order chi connectivity index (χ0) is 14.4. The second kappa shape index (κ2) is 6.99. The van der Waals surface area contributed by atoms with Gasteiger partial charge in [-0.15, -0.1) is 0 Å². The SMILES string of the molecule is CCN(CC(=O)O)Cc1cc(OC)c(OC)cc1C. The van der Waals surface area contributed by atoms with Crippen LogP contribution in [-0.4, -0.2) is 43.3 Å². The van der Waals surface area contributed by atoms with Gasteiger partial charge >= 0.3 is 5.97 Å². The van der Waals surface area contributed by atoms with Gasteiger partial charge in [0.15, 0.2) is 11.5 Å². The summed E-state index contributed by atoms with van der Waals surface area (Å²) in [6, 6.07) is 3.81. The number of carboxylic acid groups (broad SMARTS) is 1. The molecule has 0 atom stereocenters. The van der Waals surface area contributed by atoms with E-state index in [-0.39, 0.29) is 6.54 Å². The largest absolute Gasteiger partial charge is 0.493 e. The summed E-state index contributed by atoms with van der Waals surface area (Å²) in [4.78, 5) is 12.6. The molecule has 1 rings (SSSR count). The van der Waals surface area contributed by atoms with Crippen molar-refractivity contribution in [3.05, 3.63) is 23.3 Å². The molecule has 0 fully saturated rings. The van der Waals surface area contributed by atoms with E-state index in [0.717, 1.165) is 11.1 Å². The Balaban J connectivity index is 2.96. The van der Waals surface area contributed by atoms with Gasteiger partial charge in [-0.25, -0.2) is 0 Å². The van der Waals surface area contributed by atoms with Crippen LogP contribution in [0.5, 0.6) is 11.5 Å². The van der Waals surface area contributed by atoms with Crippen LogP contribution in [0.25, 0.3) is 0 Å². The third-order valence-corrected chi connectivity index (χ3v) is 3.04. The summed E-state index contributed by atoms with van der Waals surface area (Å²) in [6.45, 7) is 5.21. The lowest BCUT2D eigenvalue weighted by Gasteiger charge is -2.20. The van der Waals surface area contributed by atoms with Gasteiger partial charge in [0.05, 0.1) is 20.8 Å². The quantitative estimate of drug-likeness (QED) is 0.818. The van der Waals surface area contributed by atoms with Crippen LogP contribution in [-0.2, 0) is 11.3 Å². The number of likely N-dealkylation sites (N-methyl/N-ethyl adjacent to an activating group) is 1. The first kappa shape index (κ1) is 15.3. The number of carboxylic acids is 1. The molecule has 0 amide bonds. The van der Waals surface area contributed by atoms with E-state index in [0.29, 0.717) is 24.6 Å². The zero-order valence-corrected chi connectivity index (χ0v) is 11.9. The number of carbonyl (C=O) groups is 1. The molecule has 0 aliphatic carbocycles. The lowest BCUT2D eigenvalue weighted by molar-refractivity contribution is -0.138. The summed E-state index contributed by atoms with van der Waals surface area (Å²) in [7, 11) is 3.19. The molecular formula is C14H21NO4. The highest BCUT2D eigenvalue weighted by Crippen LogP contribution is 2.30. The summed E-state index contributed by atoms with van der Waals surface area (Å²) < 4.78 is 10.5. The maximum atomic E-state index is 10.8. The molecular weight excluding hydrogens is 246 g/mol. The van der Waals surface area contributed by atoms with Gasteiger partial charge in [-0.1, -0.05) is 6.92 Å². The van der Waals surface area contributed by atoms with E-state index in [2.05, 4.69) is 0 Å². The molecule has 0 aliphatic heterocycles. The van der Waals surface area contributed by atoms with E-state index < -0.39 is 5.97 Å². The molecule has 0 heterocycles. The van der Waals surface area contributed by atoms with Crippen LogP contribution < -0.4 is 9.47 Å². The van der Waals surface area contributed by atoms with Crippen molar-refractivity contribution < 1.29 is 19.4 Å². The van der Waals surface area contributed by atoms with Gasteiger partial charge in [0.2, 0.25) is 0 Å². The number of nitrogens with zero attached hydrogens (tertiary/aromatic N) is 1. The highest BCUT2D eigenvalue weighted by Gasteiger charge is 2.13. The van der Waals surface area contributed by atoms with Gasteiger partial charge in [0, 0.05) is 6.54 Å². The minimum absolute atomic E-state index is 0.0320. The van der Waals surface area contributed by atoms with Crippen LogP contribution in [0.1, 0.15) is 18.1 Å². The fourth-order valence-electron chi connectivity index (χ4n) is 1.90. The molecule has 0 saturated heterocycles. The molecule has 106 valence electrons. The fraction of sp³-hybridized carbons (Fsp3) is 0.500. The predicted molar refractivity (Wildman–Crippen MR) is 72.9 cm³/mol. The molecule has 19 heavy (non-hydrogen) atoms. The van der Waals surface area contributed by atoms with Gasteiger partial charge in [-0.3, -0.25) is 9.69 Å². The number of aliphatic carboxylic acids is 1. The highest BCUT2D eigenvalue weighted by atomic mass is 16.5. The summed E-state index contributed by atoms with van der Waals surface area (Å²) in [6.07, 6.45) is 0. The molecule has 0 radical (unpaired) electrons. The number of aryl methyl sites for hydroxylation is 1. The zero-order valence-electron chi connectivity index (χ0n) is 11.9. The van der Waals surface area contributed by atoms with Crippen LogP contribution in [0.4, 0.5) is 0 Å². The van der Waals surface area contributed by atoms with Crippen LogP contribution in [0.3, 0.4) is 0 Å². The molecule has 0 spiro atoms. The van der Waals surface area contributed by atoms with Crippen LogP contribution >= 0.6 is 0 Å². The van der Waals surface area contributed by atoms with Crippen molar-refractivity contribution in [2.45, 2.75) is 20.4 Å². The molecule has 1 N–H and O–H groups in total. The van der Waals surface area contributed by atoms with Crippen LogP contribution in [0, 0.1) is 6.92 Å². The number of rotatable bonds is 7. The molecule has 0 aromatic heterocycles. The maximum Gasteiger partial charge on any atom is 0.317 e. The van der Waals surface area contributed by atoms with Crippen molar-refractivity contribution >= 4 is 5.97 Å². The lowest BCUT2D eigenvalue weighted by Crippen LogP contribution is -2.29. The van der Waals surface area contributed by atoms with E-state index in [1.165, 1.54) is 0 Å². The van der Waals surface area contributed by atoms with E-state index >= 15 is 0 Å². The van der Waals surface area contributed by atoms with Crippen molar-refractivity contribution in [1.29, 1.82) is 0 Å². The molecule has 1 aromatic carbocycles. The van der Waals surface area contributed by atoms with Crippen molar-refractivity contribution in [2.24, 2.45) is 0 Å². The molecule has 0 bridgehead atoms. The Morgan fingerprint density at radius 2 is 1.84 bits per heavy atom.